The third-order valence-corrected chi connectivity index (χ3v) is 3.57. The fourth-order valence-electron chi connectivity index (χ4n) is 2.20. The summed E-state index contributed by atoms with van der Waals surface area (Å²) in [5, 5.41) is 4.98. The van der Waals surface area contributed by atoms with Crippen LogP contribution in [0.3, 0.4) is 0 Å². The maximum Gasteiger partial charge on any atom is 0.305 e. The van der Waals surface area contributed by atoms with Gasteiger partial charge in [0.2, 0.25) is 11.8 Å². The lowest BCUT2D eigenvalue weighted by molar-refractivity contribution is -0.141. The highest BCUT2D eigenvalue weighted by atomic mass is 19.1. The molecule has 2 amide bonds. The minimum atomic E-state index is -1.02. The van der Waals surface area contributed by atoms with Gasteiger partial charge in [0.25, 0.3) is 0 Å². The van der Waals surface area contributed by atoms with Gasteiger partial charge in [0, 0.05) is 24.2 Å². The zero-order valence-corrected chi connectivity index (χ0v) is 14.4. The van der Waals surface area contributed by atoms with Crippen molar-refractivity contribution in [1.82, 2.24) is 5.32 Å². The standard InChI is InChI=1S/C17H22F2N2O4/c1-4-14(16(23)20-10(2)5-6-15(22)25-3)17(24)21-13-8-11(18)7-12(19)9-13/h7-10,14H,4-6H2,1-3H3,(H,20,23)(H,21,24)/t10-,14?/m1/s1. The summed E-state index contributed by atoms with van der Waals surface area (Å²) in [4.78, 5) is 35.5. The molecule has 138 valence electrons. The highest BCUT2D eigenvalue weighted by Crippen LogP contribution is 2.15. The third-order valence-electron chi connectivity index (χ3n) is 3.57. The Kier molecular flexibility index (Phi) is 7.97. The second-order valence-corrected chi connectivity index (χ2v) is 5.63. The molecule has 0 aromatic heterocycles. The van der Waals surface area contributed by atoms with E-state index in [1.54, 1.807) is 13.8 Å². The Morgan fingerprint density at radius 2 is 1.72 bits per heavy atom. The number of carbonyl (C=O) groups is 3. The Balaban J connectivity index is 2.64. The average Bonchev–Trinajstić information content (AvgIpc) is 2.52. The van der Waals surface area contributed by atoms with Gasteiger partial charge in [0.05, 0.1) is 7.11 Å². The molecule has 0 spiro atoms. The summed E-state index contributed by atoms with van der Waals surface area (Å²) in [6, 6.07) is 2.28. The predicted molar refractivity (Wildman–Crippen MR) is 87.6 cm³/mol. The molecule has 2 atom stereocenters. The molecule has 1 aromatic carbocycles. The van der Waals surface area contributed by atoms with Gasteiger partial charge in [0.15, 0.2) is 0 Å². The number of amides is 2. The second-order valence-electron chi connectivity index (χ2n) is 5.63. The maximum absolute atomic E-state index is 13.2. The number of hydrogen-bond donors (Lipinski definition) is 2. The van der Waals surface area contributed by atoms with E-state index in [2.05, 4.69) is 15.4 Å². The summed E-state index contributed by atoms with van der Waals surface area (Å²) in [5.74, 6) is -4.25. The third kappa shape index (κ3) is 6.86. The van der Waals surface area contributed by atoms with Crippen LogP contribution >= 0.6 is 0 Å². The van der Waals surface area contributed by atoms with Crippen LogP contribution in [-0.2, 0) is 19.1 Å². The molecule has 0 radical (unpaired) electrons. The number of esters is 1. The van der Waals surface area contributed by atoms with Crippen LogP contribution in [0.5, 0.6) is 0 Å². The summed E-state index contributed by atoms with van der Waals surface area (Å²) in [7, 11) is 1.28. The number of benzene rings is 1. The Hall–Kier alpha value is -2.51. The zero-order valence-electron chi connectivity index (χ0n) is 14.4. The van der Waals surface area contributed by atoms with E-state index in [4.69, 9.17) is 0 Å². The van der Waals surface area contributed by atoms with E-state index in [1.165, 1.54) is 7.11 Å². The van der Waals surface area contributed by atoms with Gasteiger partial charge >= 0.3 is 5.97 Å². The SMILES string of the molecule is CCC(C(=O)Nc1cc(F)cc(F)c1)C(=O)N[C@H](C)CCC(=O)OC. The normalized spacial score (nSPS) is 12.8. The van der Waals surface area contributed by atoms with E-state index in [1.807, 2.05) is 0 Å². The van der Waals surface area contributed by atoms with Crippen LogP contribution in [-0.4, -0.2) is 30.9 Å². The first-order chi connectivity index (χ1) is 11.8. The molecule has 6 nitrogen and oxygen atoms in total. The van der Waals surface area contributed by atoms with Crippen LogP contribution in [0.25, 0.3) is 0 Å². The van der Waals surface area contributed by atoms with E-state index in [0.29, 0.717) is 12.5 Å². The topological polar surface area (TPSA) is 84.5 Å². The van der Waals surface area contributed by atoms with Crippen LogP contribution in [0.2, 0.25) is 0 Å². The van der Waals surface area contributed by atoms with Gasteiger partial charge in [-0.1, -0.05) is 6.92 Å². The number of ether oxygens (including phenoxy) is 1. The van der Waals surface area contributed by atoms with E-state index in [0.717, 1.165) is 12.1 Å². The quantitative estimate of drug-likeness (QED) is 0.553. The maximum atomic E-state index is 13.2. The Morgan fingerprint density at radius 1 is 1.12 bits per heavy atom. The highest BCUT2D eigenvalue weighted by Gasteiger charge is 2.26. The van der Waals surface area contributed by atoms with Crippen molar-refractivity contribution in [2.75, 3.05) is 12.4 Å². The molecule has 0 heterocycles. The number of halogens is 2. The van der Waals surface area contributed by atoms with Gasteiger partial charge in [0.1, 0.15) is 17.6 Å². The number of anilines is 1. The molecule has 0 aliphatic heterocycles. The first-order valence-corrected chi connectivity index (χ1v) is 7.91. The number of carbonyl (C=O) groups excluding carboxylic acids is 3. The summed E-state index contributed by atoms with van der Waals surface area (Å²) in [6.45, 7) is 3.35. The lowest BCUT2D eigenvalue weighted by Gasteiger charge is -2.19. The predicted octanol–water partition coefficient (Wildman–Crippen LogP) is 2.39. The number of hydrogen-bond acceptors (Lipinski definition) is 4. The fourth-order valence-corrected chi connectivity index (χ4v) is 2.20. The van der Waals surface area contributed by atoms with E-state index in [-0.39, 0.29) is 30.5 Å². The molecule has 0 bridgehead atoms. The minimum Gasteiger partial charge on any atom is -0.469 e. The molecule has 1 rings (SSSR count). The number of nitrogens with one attached hydrogen (secondary N) is 2. The molecule has 8 heteroatoms. The monoisotopic (exact) mass is 356 g/mol. The van der Waals surface area contributed by atoms with Crippen molar-refractivity contribution in [2.24, 2.45) is 5.92 Å². The van der Waals surface area contributed by atoms with Gasteiger partial charge in [-0.15, -0.1) is 0 Å². The van der Waals surface area contributed by atoms with Crippen LogP contribution in [0, 0.1) is 17.6 Å². The van der Waals surface area contributed by atoms with Crippen LogP contribution in [0.1, 0.15) is 33.1 Å². The van der Waals surface area contributed by atoms with Gasteiger partial charge in [-0.3, -0.25) is 14.4 Å². The van der Waals surface area contributed by atoms with E-state index >= 15 is 0 Å². The fraction of sp³-hybridized carbons (Fsp3) is 0.471. The Labute approximate surface area is 144 Å². The molecular formula is C17H22F2N2O4. The van der Waals surface area contributed by atoms with Gasteiger partial charge in [-0.2, -0.15) is 0 Å². The molecule has 0 fully saturated rings. The smallest absolute Gasteiger partial charge is 0.305 e. The largest absolute Gasteiger partial charge is 0.469 e. The lowest BCUT2D eigenvalue weighted by Crippen LogP contribution is -2.42. The van der Waals surface area contributed by atoms with Crippen LogP contribution < -0.4 is 10.6 Å². The molecular weight excluding hydrogens is 334 g/mol. The Bertz CT molecular complexity index is 617. The average molecular weight is 356 g/mol. The molecule has 0 aliphatic rings. The summed E-state index contributed by atoms with van der Waals surface area (Å²) in [5.41, 5.74) is -0.0625. The molecule has 0 saturated carbocycles. The first kappa shape index (κ1) is 20.5. The summed E-state index contributed by atoms with van der Waals surface area (Å²) in [6.07, 6.45) is 0.717. The van der Waals surface area contributed by atoms with Crippen molar-refractivity contribution in [3.05, 3.63) is 29.8 Å². The van der Waals surface area contributed by atoms with Gasteiger partial charge in [-0.05, 0) is 31.9 Å². The highest BCUT2D eigenvalue weighted by molar-refractivity contribution is 6.06. The van der Waals surface area contributed by atoms with E-state index in [9.17, 15) is 23.2 Å². The minimum absolute atomic E-state index is 0.0625. The molecule has 1 aromatic rings. The van der Waals surface area contributed by atoms with Crippen molar-refractivity contribution in [3.63, 3.8) is 0 Å². The number of rotatable bonds is 8. The second kappa shape index (κ2) is 9.71. The Morgan fingerprint density at radius 3 is 2.24 bits per heavy atom. The van der Waals surface area contributed by atoms with Crippen molar-refractivity contribution < 1.29 is 27.9 Å². The summed E-state index contributed by atoms with van der Waals surface area (Å²) >= 11 is 0. The van der Waals surface area contributed by atoms with Crippen molar-refractivity contribution >= 4 is 23.5 Å². The molecule has 2 N–H and O–H groups in total. The van der Waals surface area contributed by atoms with Crippen LogP contribution in [0.15, 0.2) is 18.2 Å². The van der Waals surface area contributed by atoms with Gasteiger partial charge in [-0.25, -0.2) is 8.78 Å². The number of methoxy groups -OCH3 is 1. The van der Waals surface area contributed by atoms with Crippen molar-refractivity contribution in [1.29, 1.82) is 0 Å². The zero-order chi connectivity index (χ0) is 19.0. The lowest BCUT2D eigenvalue weighted by atomic mass is 10.0. The van der Waals surface area contributed by atoms with Crippen molar-refractivity contribution in [3.8, 4) is 0 Å². The van der Waals surface area contributed by atoms with Crippen LogP contribution in [0.4, 0.5) is 14.5 Å². The molecule has 0 aliphatic carbocycles. The summed E-state index contributed by atoms with van der Waals surface area (Å²) < 4.78 is 30.8. The van der Waals surface area contributed by atoms with E-state index < -0.39 is 29.4 Å². The van der Waals surface area contributed by atoms with Gasteiger partial charge < -0.3 is 15.4 Å². The molecule has 0 saturated heterocycles. The molecule has 1 unspecified atom stereocenters. The first-order valence-electron chi connectivity index (χ1n) is 7.91. The van der Waals surface area contributed by atoms with Crippen molar-refractivity contribution in [2.45, 2.75) is 39.2 Å². The molecule has 25 heavy (non-hydrogen) atoms.